The van der Waals surface area contributed by atoms with E-state index in [0.29, 0.717) is 23.9 Å². The van der Waals surface area contributed by atoms with Gasteiger partial charge in [-0.2, -0.15) is 0 Å². The quantitative estimate of drug-likeness (QED) is 0.561. The van der Waals surface area contributed by atoms with Crippen LogP contribution in [-0.4, -0.2) is 35.5 Å². The van der Waals surface area contributed by atoms with Gasteiger partial charge in [-0.1, -0.05) is 34.1 Å². The maximum atomic E-state index is 11.6. The number of aliphatic hydroxyl groups is 1. The Hall–Kier alpha value is -0.610. The van der Waals surface area contributed by atoms with E-state index in [-0.39, 0.29) is 35.1 Å². The molecular formula is C22H38O4. The average molecular weight is 367 g/mol. The first kappa shape index (κ1) is 20.1. The van der Waals surface area contributed by atoms with Gasteiger partial charge in [0.05, 0.1) is 11.7 Å². The van der Waals surface area contributed by atoms with E-state index in [1.807, 2.05) is 0 Å². The Morgan fingerprint density at radius 3 is 2.58 bits per heavy atom. The number of fused-ring (bicyclic) bond motifs is 2. The molecule has 0 aromatic heterocycles. The fraction of sp³-hybridized carbons (Fsp3) is 0.955. The minimum Gasteiger partial charge on any atom is -0.462 e. The Morgan fingerprint density at radius 1 is 1.27 bits per heavy atom. The molecule has 3 rings (SSSR count). The van der Waals surface area contributed by atoms with Crippen LogP contribution in [0.2, 0.25) is 0 Å². The lowest BCUT2D eigenvalue weighted by Gasteiger charge is -2.59. The molecule has 1 heterocycles. The van der Waals surface area contributed by atoms with E-state index >= 15 is 0 Å². The topological polar surface area (TPSA) is 59.1 Å². The molecule has 4 nitrogen and oxygen atoms in total. The number of aliphatic hydroxyl groups excluding tert-OH is 1. The monoisotopic (exact) mass is 366 g/mol. The summed E-state index contributed by atoms with van der Waals surface area (Å²) in [4.78, 5) is 11.6. The van der Waals surface area contributed by atoms with Crippen LogP contribution in [0.5, 0.6) is 0 Å². The summed E-state index contributed by atoms with van der Waals surface area (Å²) in [5, 5.41) is 9.23. The fourth-order valence-corrected chi connectivity index (χ4v) is 6.63. The third-order valence-electron chi connectivity index (χ3n) is 8.26. The van der Waals surface area contributed by atoms with Crippen molar-refractivity contribution >= 4 is 5.97 Å². The number of rotatable bonds is 6. The molecule has 0 aromatic carbocycles. The van der Waals surface area contributed by atoms with Crippen molar-refractivity contribution in [2.45, 2.75) is 97.9 Å². The maximum Gasteiger partial charge on any atom is 0.302 e. The van der Waals surface area contributed by atoms with Crippen molar-refractivity contribution in [2.75, 3.05) is 6.61 Å². The molecule has 3 aliphatic rings. The second-order valence-electron chi connectivity index (χ2n) is 10.3. The van der Waals surface area contributed by atoms with Crippen molar-refractivity contribution in [1.29, 1.82) is 0 Å². The SMILES string of the molecule is CC(=O)O[C@H]1CC[C@]2(C)[C@@H](CC[C@H](C)CCO)[C@]3(C)OC3C[C@H]2C1(C)C. The molecule has 1 aliphatic heterocycles. The van der Waals surface area contributed by atoms with Crippen LogP contribution < -0.4 is 0 Å². The second-order valence-corrected chi connectivity index (χ2v) is 10.3. The summed E-state index contributed by atoms with van der Waals surface area (Å²) in [6.07, 6.45) is 6.69. The van der Waals surface area contributed by atoms with Crippen LogP contribution in [0.25, 0.3) is 0 Å². The van der Waals surface area contributed by atoms with E-state index in [2.05, 4.69) is 34.6 Å². The molecule has 1 saturated heterocycles. The highest BCUT2D eigenvalue weighted by atomic mass is 16.6. The van der Waals surface area contributed by atoms with Gasteiger partial charge in [-0.25, -0.2) is 0 Å². The molecule has 0 spiro atoms. The third kappa shape index (κ3) is 3.22. The molecule has 1 unspecified atom stereocenters. The summed E-state index contributed by atoms with van der Waals surface area (Å²) in [7, 11) is 0. The molecule has 0 aromatic rings. The first-order valence-electron chi connectivity index (χ1n) is 10.5. The number of hydrogen-bond acceptors (Lipinski definition) is 4. The minimum atomic E-state index is -0.163. The fourth-order valence-electron chi connectivity index (χ4n) is 6.63. The van der Waals surface area contributed by atoms with Gasteiger partial charge in [0.15, 0.2) is 0 Å². The highest BCUT2D eigenvalue weighted by Gasteiger charge is 2.71. The van der Waals surface area contributed by atoms with Crippen molar-refractivity contribution in [2.24, 2.45) is 28.6 Å². The van der Waals surface area contributed by atoms with E-state index in [1.54, 1.807) is 0 Å². The first-order valence-corrected chi connectivity index (χ1v) is 10.5. The van der Waals surface area contributed by atoms with Crippen molar-refractivity contribution in [3.8, 4) is 0 Å². The normalized spacial score (nSPS) is 44.6. The molecule has 7 atom stereocenters. The van der Waals surface area contributed by atoms with Crippen molar-refractivity contribution in [1.82, 2.24) is 0 Å². The van der Waals surface area contributed by atoms with Crippen molar-refractivity contribution in [3.63, 3.8) is 0 Å². The summed E-state index contributed by atoms with van der Waals surface area (Å²) < 4.78 is 12.0. The Kier molecular flexibility index (Phi) is 5.24. The van der Waals surface area contributed by atoms with Gasteiger partial charge in [-0.15, -0.1) is 0 Å². The van der Waals surface area contributed by atoms with Crippen LogP contribution in [0.4, 0.5) is 0 Å². The number of hydrogen-bond donors (Lipinski definition) is 1. The standard InChI is InChI=1S/C22H38O4/c1-14(10-12-23)7-8-16-21(5)11-9-18(25-15(2)24)20(3,4)17(21)13-19-22(16,6)26-19/h14,16-19,23H,7-13H2,1-6H3/t14-,16+,17-,18-,19?,21+,22-/m0/s1. The van der Waals surface area contributed by atoms with Gasteiger partial charge in [-0.05, 0) is 62.2 Å². The predicted molar refractivity (Wildman–Crippen MR) is 102 cm³/mol. The number of carbonyl (C=O) groups is 1. The average Bonchev–Trinajstić information content (AvgIpc) is 3.19. The molecule has 3 fully saturated rings. The van der Waals surface area contributed by atoms with Gasteiger partial charge in [0.1, 0.15) is 6.10 Å². The van der Waals surface area contributed by atoms with Crippen LogP contribution in [0.3, 0.4) is 0 Å². The lowest BCUT2D eigenvalue weighted by Crippen LogP contribution is -2.59. The van der Waals surface area contributed by atoms with Crippen LogP contribution in [0.15, 0.2) is 0 Å². The van der Waals surface area contributed by atoms with Crippen LogP contribution >= 0.6 is 0 Å². The number of epoxide rings is 1. The summed E-state index contributed by atoms with van der Waals surface area (Å²) >= 11 is 0. The number of carbonyl (C=O) groups excluding carboxylic acids is 1. The van der Waals surface area contributed by atoms with Crippen molar-refractivity contribution < 1.29 is 19.4 Å². The van der Waals surface area contributed by atoms with Gasteiger partial charge in [0.25, 0.3) is 0 Å². The number of esters is 1. The van der Waals surface area contributed by atoms with Crippen LogP contribution in [0, 0.1) is 28.6 Å². The Morgan fingerprint density at radius 2 is 1.96 bits per heavy atom. The molecular weight excluding hydrogens is 328 g/mol. The highest BCUT2D eigenvalue weighted by Crippen LogP contribution is 2.69. The molecule has 2 saturated carbocycles. The highest BCUT2D eigenvalue weighted by molar-refractivity contribution is 5.66. The molecule has 0 amide bonds. The molecule has 150 valence electrons. The Bertz CT molecular complexity index is 544. The van der Waals surface area contributed by atoms with Crippen molar-refractivity contribution in [3.05, 3.63) is 0 Å². The summed E-state index contributed by atoms with van der Waals surface area (Å²) in [5.41, 5.74) is 0.219. The lowest BCUT2D eigenvalue weighted by molar-refractivity contribution is -0.178. The Balaban J connectivity index is 1.82. The molecule has 4 heteroatoms. The van der Waals surface area contributed by atoms with Gasteiger partial charge < -0.3 is 14.6 Å². The maximum absolute atomic E-state index is 11.6. The minimum absolute atomic E-state index is 0.00939. The van der Waals surface area contributed by atoms with E-state index in [9.17, 15) is 9.90 Å². The van der Waals surface area contributed by atoms with Gasteiger partial charge in [-0.3, -0.25) is 4.79 Å². The van der Waals surface area contributed by atoms with Gasteiger partial charge in [0, 0.05) is 18.9 Å². The van der Waals surface area contributed by atoms with Gasteiger partial charge in [0.2, 0.25) is 0 Å². The Labute approximate surface area is 159 Å². The van der Waals surface area contributed by atoms with Gasteiger partial charge >= 0.3 is 5.97 Å². The first-order chi connectivity index (χ1) is 12.1. The molecule has 1 N–H and O–H groups in total. The largest absolute Gasteiger partial charge is 0.462 e. The molecule has 26 heavy (non-hydrogen) atoms. The predicted octanol–water partition coefficient (Wildman–Crippen LogP) is 4.34. The molecule has 0 radical (unpaired) electrons. The van der Waals surface area contributed by atoms with E-state index in [4.69, 9.17) is 9.47 Å². The summed E-state index contributed by atoms with van der Waals surface area (Å²) in [5.74, 6) is 1.43. The summed E-state index contributed by atoms with van der Waals surface area (Å²) in [6, 6.07) is 0. The molecule has 0 bridgehead atoms. The zero-order valence-electron chi connectivity index (χ0n) is 17.5. The van der Waals surface area contributed by atoms with E-state index in [1.165, 1.54) is 6.92 Å². The van der Waals surface area contributed by atoms with E-state index < -0.39 is 0 Å². The second kappa shape index (κ2) is 6.77. The molecule has 2 aliphatic carbocycles. The smallest absolute Gasteiger partial charge is 0.302 e. The third-order valence-corrected chi connectivity index (χ3v) is 8.26. The van der Waals surface area contributed by atoms with Crippen LogP contribution in [-0.2, 0) is 14.3 Å². The number of ether oxygens (including phenoxy) is 2. The lowest BCUT2D eigenvalue weighted by atomic mass is 9.45. The zero-order chi connectivity index (χ0) is 19.3. The summed E-state index contributed by atoms with van der Waals surface area (Å²) in [6.45, 7) is 13.4. The zero-order valence-corrected chi connectivity index (χ0v) is 17.5. The van der Waals surface area contributed by atoms with E-state index in [0.717, 1.165) is 38.5 Å². The van der Waals surface area contributed by atoms with Crippen LogP contribution in [0.1, 0.15) is 80.1 Å².